The molecule has 2 unspecified atom stereocenters. The maximum atomic E-state index is 12.5. The van der Waals surface area contributed by atoms with Gasteiger partial charge in [-0.15, -0.1) is 0 Å². The molecule has 0 fully saturated rings. The number of hydrogen-bond donors (Lipinski definition) is 2. The molecule has 0 aliphatic rings. The Labute approximate surface area is 172 Å². The van der Waals surface area contributed by atoms with Gasteiger partial charge in [0.25, 0.3) is 5.91 Å². The number of benzene rings is 1. The van der Waals surface area contributed by atoms with Crippen molar-refractivity contribution in [2.45, 2.75) is 64.9 Å². The predicted octanol–water partition coefficient (Wildman–Crippen LogP) is 2.55. The molecule has 1 aromatic rings. The molecular formula is C21H32N2O6. The molecule has 0 aliphatic carbocycles. The van der Waals surface area contributed by atoms with Crippen LogP contribution in [0.3, 0.4) is 0 Å². The highest BCUT2D eigenvalue weighted by atomic mass is 16.6. The molecule has 0 heterocycles. The van der Waals surface area contributed by atoms with Crippen molar-refractivity contribution in [2.75, 3.05) is 13.7 Å². The van der Waals surface area contributed by atoms with E-state index in [0.29, 0.717) is 12.8 Å². The van der Waals surface area contributed by atoms with Crippen molar-refractivity contribution < 1.29 is 28.6 Å². The number of nitrogens with one attached hydrogen (secondary N) is 2. The van der Waals surface area contributed by atoms with Gasteiger partial charge in [0.1, 0.15) is 18.8 Å². The highest BCUT2D eigenvalue weighted by molar-refractivity contribution is 5.86. The SMILES string of the molecule is CCCC(NC(=O)OC(C)(C)C)C(OC)C(=O)NCC(=O)OCc1ccccc1. The van der Waals surface area contributed by atoms with Gasteiger partial charge in [0.2, 0.25) is 0 Å². The zero-order valence-corrected chi connectivity index (χ0v) is 17.8. The van der Waals surface area contributed by atoms with Gasteiger partial charge in [-0.25, -0.2) is 4.79 Å². The zero-order chi connectivity index (χ0) is 21.9. The number of carbonyl (C=O) groups is 3. The normalized spacial score (nSPS) is 13.1. The predicted molar refractivity (Wildman–Crippen MR) is 108 cm³/mol. The molecule has 0 bridgehead atoms. The van der Waals surface area contributed by atoms with Crippen LogP contribution in [-0.2, 0) is 30.4 Å². The molecule has 0 aliphatic heterocycles. The fraction of sp³-hybridized carbons (Fsp3) is 0.571. The summed E-state index contributed by atoms with van der Waals surface area (Å²) in [5, 5.41) is 5.18. The van der Waals surface area contributed by atoms with Crippen molar-refractivity contribution in [1.29, 1.82) is 0 Å². The number of rotatable bonds is 10. The number of alkyl carbamates (subject to hydrolysis) is 1. The van der Waals surface area contributed by atoms with E-state index in [-0.39, 0.29) is 13.2 Å². The van der Waals surface area contributed by atoms with Crippen LogP contribution in [0, 0.1) is 0 Å². The van der Waals surface area contributed by atoms with Crippen LogP contribution in [-0.4, -0.2) is 49.4 Å². The summed E-state index contributed by atoms with van der Waals surface area (Å²) in [6.07, 6.45) is -0.381. The Hall–Kier alpha value is -2.61. The molecule has 0 saturated heterocycles. The van der Waals surface area contributed by atoms with Gasteiger partial charge in [0, 0.05) is 7.11 Å². The topological polar surface area (TPSA) is 103 Å². The minimum Gasteiger partial charge on any atom is -0.460 e. The maximum absolute atomic E-state index is 12.5. The number of hydrogen-bond acceptors (Lipinski definition) is 6. The van der Waals surface area contributed by atoms with Crippen LogP contribution in [0.15, 0.2) is 30.3 Å². The number of carbonyl (C=O) groups excluding carboxylic acids is 3. The molecule has 0 spiro atoms. The lowest BCUT2D eigenvalue weighted by Crippen LogP contribution is -2.53. The molecule has 2 amide bonds. The standard InChI is InChI=1S/C21H32N2O6/c1-6-10-16(23-20(26)29-21(2,3)4)18(27-5)19(25)22-13-17(24)28-14-15-11-8-7-9-12-15/h7-9,11-12,16,18H,6,10,13-14H2,1-5H3,(H,22,25)(H,23,26). The van der Waals surface area contributed by atoms with Crippen molar-refractivity contribution in [1.82, 2.24) is 10.6 Å². The lowest BCUT2D eigenvalue weighted by atomic mass is 10.1. The molecule has 29 heavy (non-hydrogen) atoms. The van der Waals surface area contributed by atoms with Crippen LogP contribution >= 0.6 is 0 Å². The lowest BCUT2D eigenvalue weighted by molar-refractivity contribution is -0.146. The van der Waals surface area contributed by atoms with Crippen LogP contribution in [0.1, 0.15) is 46.1 Å². The highest BCUT2D eigenvalue weighted by Gasteiger charge is 2.30. The van der Waals surface area contributed by atoms with E-state index < -0.39 is 35.7 Å². The van der Waals surface area contributed by atoms with Gasteiger partial charge in [0.15, 0.2) is 6.10 Å². The monoisotopic (exact) mass is 408 g/mol. The summed E-state index contributed by atoms with van der Waals surface area (Å²) >= 11 is 0. The van der Waals surface area contributed by atoms with Crippen molar-refractivity contribution in [3.05, 3.63) is 35.9 Å². The maximum Gasteiger partial charge on any atom is 0.407 e. The Kier molecular flexibility index (Phi) is 10.2. The molecule has 8 nitrogen and oxygen atoms in total. The van der Waals surface area contributed by atoms with E-state index >= 15 is 0 Å². The molecule has 0 aromatic heterocycles. The highest BCUT2D eigenvalue weighted by Crippen LogP contribution is 2.11. The van der Waals surface area contributed by atoms with Gasteiger partial charge in [0.05, 0.1) is 6.04 Å². The second kappa shape index (κ2) is 12.1. The van der Waals surface area contributed by atoms with Crippen LogP contribution in [0.25, 0.3) is 0 Å². The van der Waals surface area contributed by atoms with E-state index in [9.17, 15) is 14.4 Å². The Balaban J connectivity index is 2.57. The van der Waals surface area contributed by atoms with Gasteiger partial charge in [-0.1, -0.05) is 43.7 Å². The van der Waals surface area contributed by atoms with Gasteiger partial charge in [-0.3, -0.25) is 9.59 Å². The van der Waals surface area contributed by atoms with E-state index in [1.54, 1.807) is 20.8 Å². The third kappa shape index (κ3) is 9.94. The fourth-order valence-corrected chi connectivity index (χ4v) is 2.57. The minimum absolute atomic E-state index is 0.127. The fourth-order valence-electron chi connectivity index (χ4n) is 2.57. The van der Waals surface area contributed by atoms with E-state index in [4.69, 9.17) is 14.2 Å². The summed E-state index contributed by atoms with van der Waals surface area (Å²) in [5.41, 5.74) is 0.195. The summed E-state index contributed by atoms with van der Waals surface area (Å²) in [7, 11) is 1.37. The Morgan fingerprint density at radius 1 is 1.10 bits per heavy atom. The van der Waals surface area contributed by atoms with Crippen LogP contribution in [0.5, 0.6) is 0 Å². The van der Waals surface area contributed by atoms with Crippen LogP contribution < -0.4 is 10.6 Å². The van der Waals surface area contributed by atoms with Crippen molar-refractivity contribution in [2.24, 2.45) is 0 Å². The first-order chi connectivity index (χ1) is 13.7. The van der Waals surface area contributed by atoms with Gasteiger partial charge < -0.3 is 24.8 Å². The molecule has 162 valence electrons. The number of esters is 1. The summed E-state index contributed by atoms with van der Waals surface area (Å²) in [5.74, 6) is -1.08. The molecule has 0 saturated carbocycles. The molecule has 0 radical (unpaired) electrons. The lowest BCUT2D eigenvalue weighted by Gasteiger charge is -2.27. The van der Waals surface area contributed by atoms with E-state index in [0.717, 1.165) is 5.56 Å². The quantitative estimate of drug-likeness (QED) is 0.577. The Morgan fingerprint density at radius 3 is 2.31 bits per heavy atom. The average Bonchev–Trinajstić information content (AvgIpc) is 2.64. The second-order valence-electron chi connectivity index (χ2n) is 7.56. The summed E-state index contributed by atoms with van der Waals surface area (Å²) < 4.78 is 15.7. The molecule has 2 atom stereocenters. The number of amides is 2. The first kappa shape index (κ1) is 24.4. The van der Waals surface area contributed by atoms with E-state index in [1.807, 2.05) is 37.3 Å². The minimum atomic E-state index is -0.968. The summed E-state index contributed by atoms with van der Waals surface area (Å²) in [6.45, 7) is 7.02. The average molecular weight is 408 g/mol. The largest absolute Gasteiger partial charge is 0.460 e. The van der Waals surface area contributed by atoms with Crippen molar-refractivity contribution >= 4 is 18.0 Å². The van der Waals surface area contributed by atoms with Crippen LogP contribution in [0.4, 0.5) is 4.79 Å². The molecule has 8 heteroatoms. The van der Waals surface area contributed by atoms with E-state index in [2.05, 4.69) is 10.6 Å². The van der Waals surface area contributed by atoms with Crippen LogP contribution in [0.2, 0.25) is 0 Å². The smallest absolute Gasteiger partial charge is 0.407 e. The van der Waals surface area contributed by atoms with Gasteiger partial charge in [-0.2, -0.15) is 0 Å². The molecule has 1 rings (SSSR count). The number of ether oxygens (including phenoxy) is 3. The first-order valence-electron chi connectivity index (χ1n) is 9.65. The Bertz CT molecular complexity index is 657. The van der Waals surface area contributed by atoms with Crippen molar-refractivity contribution in [3.63, 3.8) is 0 Å². The third-order valence-electron chi connectivity index (χ3n) is 3.83. The van der Waals surface area contributed by atoms with Crippen molar-refractivity contribution in [3.8, 4) is 0 Å². The third-order valence-corrected chi connectivity index (χ3v) is 3.83. The second-order valence-corrected chi connectivity index (χ2v) is 7.56. The first-order valence-corrected chi connectivity index (χ1v) is 9.65. The summed E-state index contributed by atoms with van der Waals surface area (Å²) in [4.78, 5) is 36.5. The van der Waals surface area contributed by atoms with Gasteiger partial charge >= 0.3 is 12.1 Å². The number of methoxy groups -OCH3 is 1. The Morgan fingerprint density at radius 2 is 1.76 bits per heavy atom. The molecular weight excluding hydrogens is 376 g/mol. The zero-order valence-electron chi connectivity index (χ0n) is 17.8. The molecule has 1 aromatic carbocycles. The summed E-state index contributed by atoms with van der Waals surface area (Å²) in [6, 6.07) is 8.64. The molecule has 2 N–H and O–H groups in total. The van der Waals surface area contributed by atoms with Gasteiger partial charge in [-0.05, 0) is 32.8 Å². The van der Waals surface area contributed by atoms with E-state index in [1.165, 1.54) is 7.11 Å².